The van der Waals surface area contributed by atoms with Gasteiger partial charge in [0.1, 0.15) is 0 Å². The SMILES string of the molecule is CCCc1ccc(Cn2ccc3c(CCC)c(C)ccc32)cc1. The normalized spacial score (nSPS) is 11.3. The molecule has 0 amide bonds. The molecule has 0 atom stereocenters. The summed E-state index contributed by atoms with van der Waals surface area (Å²) in [6.45, 7) is 7.67. The maximum atomic E-state index is 2.38. The zero-order valence-electron chi connectivity index (χ0n) is 14.6. The van der Waals surface area contributed by atoms with Crippen molar-refractivity contribution in [2.75, 3.05) is 0 Å². The second kappa shape index (κ2) is 7.04. The van der Waals surface area contributed by atoms with Gasteiger partial charge in [0.05, 0.1) is 0 Å². The van der Waals surface area contributed by atoms with Crippen LogP contribution in [0.5, 0.6) is 0 Å². The van der Waals surface area contributed by atoms with Crippen molar-refractivity contribution >= 4 is 10.9 Å². The van der Waals surface area contributed by atoms with E-state index in [9.17, 15) is 0 Å². The fourth-order valence-electron chi connectivity index (χ4n) is 3.46. The van der Waals surface area contributed by atoms with Gasteiger partial charge in [-0.15, -0.1) is 0 Å². The van der Waals surface area contributed by atoms with Gasteiger partial charge >= 0.3 is 0 Å². The van der Waals surface area contributed by atoms with Crippen LogP contribution in [0, 0.1) is 6.92 Å². The summed E-state index contributed by atoms with van der Waals surface area (Å²) in [7, 11) is 0. The van der Waals surface area contributed by atoms with Crippen LogP contribution < -0.4 is 0 Å². The lowest BCUT2D eigenvalue weighted by molar-refractivity contribution is 0.833. The molecule has 3 aromatic rings. The average Bonchev–Trinajstić information content (AvgIpc) is 2.95. The predicted octanol–water partition coefficient (Wildman–Crippen LogP) is 5.90. The summed E-state index contributed by atoms with van der Waals surface area (Å²) in [5.74, 6) is 0. The molecule has 1 aromatic heterocycles. The van der Waals surface area contributed by atoms with Gasteiger partial charge in [-0.25, -0.2) is 0 Å². The van der Waals surface area contributed by atoms with Gasteiger partial charge in [0.2, 0.25) is 0 Å². The van der Waals surface area contributed by atoms with Crippen molar-refractivity contribution in [2.24, 2.45) is 0 Å². The quantitative estimate of drug-likeness (QED) is 0.534. The second-order valence-corrected chi connectivity index (χ2v) is 6.55. The van der Waals surface area contributed by atoms with E-state index in [1.54, 1.807) is 0 Å². The summed E-state index contributed by atoms with van der Waals surface area (Å²) >= 11 is 0. The number of hydrogen-bond donors (Lipinski definition) is 0. The molecule has 120 valence electrons. The topological polar surface area (TPSA) is 4.93 Å². The molecule has 23 heavy (non-hydrogen) atoms. The Labute approximate surface area is 140 Å². The molecule has 1 heteroatoms. The molecule has 2 aromatic carbocycles. The minimum absolute atomic E-state index is 0.949. The molecular weight excluding hydrogens is 278 g/mol. The zero-order chi connectivity index (χ0) is 16.2. The highest BCUT2D eigenvalue weighted by molar-refractivity contribution is 5.85. The second-order valence-electron chi connectivity index (χ2n) is 6.55. The van der Waals surface area contributed by atoms with Gasteiger partial charge in [-0.1, -0.05) is 57.0 Å². The van der Waals surface area contributed by atoms with Crippen LogP contribution in [0.4, 0.5) is 0 Å². The average molecular weight is 305 g/mol. The van der Waals surface area contributed by atoms with E-state index in [-0.39, 0.29) is 0 Å². The van der Waals surface area contributed by atoms with E-state index in [0.29, 0.717) is 0 Å². The van der Waals surface area contributed by atoms with Crippen LogP contribution in [0.15, 0.2) is 48.7 Å². The standard InChI is InChI=1S/C22H27N/c1-4-6-18-9-11-19(12-10-18)16-23-15-14-21-20(7-5-2)17(3)8-13-22(21)23/h8-15H,4-7,16H2,1-3H3. The third kappa shape index (κ3) is 3.34. The first-order valence-corrected chi connectivity index (χ1v) is 8.88. The lowest BCUT2D eigenvalue weighted by Gasteiger charge is -2.10. The van der Waals surface area contributed by atoms with Crippen molar-refractivity contribution in [1.29, 1.82) is 0 Å². The van der Waals surface area contributed by atoms with Crippen molar-refractivity contribution < 1.29 is 0 Å². The van der Waals surface area contributed by atoms with Gasteiger partial charge in [0.15, 0.2) is 0 Å². The van der Waals surface area contributed by atoms with Gasteiger partial charge in [0.25, 0.3) is 0 Å². The molecule has 0 radical (unpaired) electrons. The lowest BCUT2D eigenvalue weighted by atomic mass is 10.00. The molecule has 0 saturated carbocycles. The van der Waals surface area contributed by atoms with E-state index >= 15 is 0 Å². The van der Waals surface area contributed by atoms with Gasteiger partial charge in [-0.2, -0.15) is 0 Å². The summed E-state index contributed by atoms with van der Waals surface area (Å²) in [6.07, 6.45) is 6.99. The Bertz CT molecular complexity index is 778. The smallest absolute Gasteiger partial charge is 0.0486 e. The van der Waals surface area contributed by atoms with Crippen LogP contribution in [0.3, 0.4) is 0 Å². The number of fused-ring (bicyclic) bond motifs is 1. The molecule has 1 nitrogen and oxygen atoms in total. The van der Waals surface area contributed by atoms with Gasteiger partial charge in [0, 0.05) is 23.6 Å². The molecule has 1 heterocycles. The number of hydrogen-bond acceptors (Lipinski definition) is 0. The Morgan fingerprint density at radius 3 is 2.17 bits per heavy atom. The first-order chi connectivity index (χ1) is 11.2. The summed E-state index contributed by atoms with van der Waals surface area (Å²) in [4.78, 5) is 0. The van der Waals surface area contributed by atoms with Crippen LogP contribution in [-0.2, 0) is 19.4 Å². The maximum absolute atomic E-state index is 2.38. The van der Waals surface area contributed by atoms with Crippen LogP contribution in [0.25, 0.3) is 10.9 Å². The summed E-state index contributed by atoms with van der Waals surface area (Å²) in [5, 5.41) is 1.43. The highest BCUT2D eigenvalue weighted by Gasteiger charge is 2.08. The molecule has 3 rings (SSSR count). The molecule has 0 fully saturated rings. The van der Waals surface area contributed by atoms with E-state index in [2.05, 4.69) is 74.0 Å². The van der Waals surface area contributed by atoms with Gasteiger partial charge in [-0.3, -0.25) is 0 Å². The molecular formula is C22H27N. The van der Waals surface area contributed by atoms with E-state index in [0.717, 1.165) is 6.54 Å². The van der Waals surface area contributed by atoms with Gasteiger partial charge < -0.3 is 4.57 Å². The number of aryl methyl sites for hydroxylation is 3. The van der Waals surface area contributed by atoms with Crippen molar-refractivity contribution in [1.82, 2.24) is 4.57 Å². The van der Waals surface area contributed by atoms with Crippen molar-refractivity contribution in [3.05, 3.63) is 70.9 Å². The molecule has 0 saturated heterocycles. The summed E-state index contributed by atoms with van der Waals surface area (Å²) in [5.41, 5.74) is 7.11. The van der Waals surface area contributed by atoms with E-state index < -0.39 is 0 Å². The Balaban J connectivity index is 1.90. The Morgan fingerprint density at radius 1 is 0.783 bits per heavy atom. The molecule has 0 bridgehead atoms. The number of aromatic nitrogens is 1. The Morgan fingerprint density at radius 2 is 1.48 bits per heavy atom. The number of benzene rings is 2. The fraction of sp³-hybridized carbons (Fsp3) is 0.364. The highest BCUT2D eigenvalue weighted by atomic mass is 14.9. The molecule has 0 spiro atoms. The van der Waals surface area contributed by atoms with Crippen molar-refractivity contribution in [3.8, 4) is 0 Å². The van der Waals surface area contributed by atoms with Crippen LogP contribution in [0.1, 0.15) is 48.9 Å². The van der Waals surface area contributed by atoms with Crippen LogP contribution >= 0.6 is 0 Å². The van der Waals surface area contributed by atoms with E-state index in [1.165, 1.54) is 58.8 Å². The Kier molecular flexibility index (Phi) is 4.85. The molecule has 0 aliphatic rings. The fourth-order valence-corrected chi connectivity index (χ4v) is 3.46. The summed E-state index contributed by atoms with van der Waals surface area (Å²) in [6, 6.07) is 15.9. The first kappa shape index (κ1) is 15.9. The van der Waals surface area contributed by atoms with E-state index in [1.807, 2.05) is 0 Å². The maximum Gasteiger partial charge on any atom is 0.0486 e. The van der Waals surface area contributed by atoms with E-state index in [4.69, 9.17) is 0 Å². The predicted molar refractivity (Wildman–Crippen MR) is 100 cm³/mol. The number of nitrogens with zero attached hydrogens (tertiary/aromatic N) is 1. The zero-order valence-corrected chi connectivity index (χ0v) is 14.6. The molecule has 0 aliphatic carbocycles. The lowest BCUT2D eigenvalue weighted by Crippen LogP contribution is -1.99. The largest absolute Gasteiger partial charge is 0.343 e. The van der Waals surface area contributed by atoms with Crippen LogP contribution in [0.2, 0.25) is 0 Å². The van der Waals surface area contributed by atoms with Crippen molar-refractivity contribution in [3.63, 3.8) is 0 Å². The molecule has 0 unspecified atom stereocenters. The summed E-state index contributed by atoms with van der Waals surface area (Å²) < 4.78 is 2.38. The third-order valence-corrected chi connectivity index (χ3v) is 4.71. The Hall–Kier alpha value is -2.02. The monoisotopic (exact) mass is 305 g/mol. The molecule has 0 aliphatic heterocycles. The molecule has 0 N–H and O–H groups in total. The van der Waals surface area contributed by atoms with Crippen molar-refractivity contribution in [2.45, 2.75) is 53.0 Å². The third-order valence-electron chi connectivity index (χ3n) is 4.71. The minimum atomic E-state index is 0.949. The highest BCUT2D eigenvalue weighted by Crippen LogP contribution is 2.25. The number of rotatable bonds is 6. The van der Waals surface area contributed by atoms with Crippen LogP contribution in [-0.4, -0.2) is 4.57 Å². The minimum Gasteiger partial charge on any atom is -0.343 e. The van der Waals surface area contributed by atoms with Gasteiger partial charge in [-0.05, 0) is 54.2 Å². The first-order valence-electron chi connectivity index (χ1n) is 8.88.